The van der Waals surface area contributed by atoms with Crippen molar-refractivity contribution in [3.8, 4) is 0 Å². The average Bonchev–Trinajstić information content (AvgIpc) is 2.64. The van der Waals surface area contributed by atoms with E-state index in [4.69, 9.17) is 5.11 Å². The van der Waals surface area contributed by atoms with Crippen LogP contribution in [-0.2, 0) is 11.3 Å². The molecule has 2 rings (SSSR count). The van der Waals surface area contributed by atoms with E-state index < -0.39 is 5.97 Å². The molecule has 18 heavy (non-hydrogen) atoms. The Hall–Kier alpha value is -0.650. The highest BCUT2D eigenvalue weighted by atomic mass is 79.9. The van der Waals surface area contributed by atoms with E-state index in [1.807, 2.05) is 11.0 Å². The molecule has 1 aliphatic rings. The number of carbonyl (C=O) groups is 1. The predicted octanol–water partition coefficient (Wildman–Crippen LogP) is 2.92. The third-order valence-electron chi connectivity index (χ3n) is 2.95. The van der Waals surface area contributed by atoms with Gasteiger partial charge in [-0.15, -0.1) is 12.4 Å². The van der Waals surface area contributed by atoms with Crippen LogP contribution in [0.25, 0.3) is 0 Å². The van der Waals surface area contributed by atoms with Gasteiger partial charge >= 0.3 is 5.97 Å². The number of halogens is 3. The molecule has 1 heterocycles. The Bertz CT molecular complexity index is 424. The Kier molecular flexibility index (Phi) is 5.56. The fourth-order valence-corrected chi connectivity index (χ4v) is 2.65. The molecule has 0 bridgehead atoms. The van der Waals surface area contributed by atoms with Crippen LogP contribution in [0, 0.1) is 11.7 Å². The number of aliphatic carboxylic acids is 1. The lowest BCUT2D eigenvalue weighted by atomic mass is 10.1. The van der Waals surface area contributed by atoms with Gasteiger partial charge in [0.05, 0.1) is 5.92 Å². The van der Waals surface area contributed by atoms with Crippen molar-refractivity contribution in [3.05, 3.63) is 34.1 Å². The molecule has 1 aromatic carbocycles. The van der Waals surface area contributed by atoms with Gasteiger partial charge in [0.25, 0.3) is 0 Å². The summed E-state index contributed by atoms with van der Waals surface area (Å²) in [7, 11) is 0. The summed E-state index contributed by atoms with van der Waals surface area (Å²) in [5, 5.41) is 8.89. The molecule has 0 radical (unpaired) electrons. The molecule has 0 aliphatic carbocycles. The van der Waals surface area contributed by atoms with Crippen LogP contribution in [0.3, 0.4) is 0 Å². The standard InChI is InChI=1S/C12H13BrFNO2.ClH/c13-10-3-8(4-11(14)5-10)6-15-2-1-9(7-15)12(16)17;/h3-5,9H,1-2,6-7H2,(H,16,17);1H. The van der Waals surface area contributed by atoms with E-state index >= 15 is 0 Å². The Balaban J connectivity index is 0.00000162. The lowest BCUT2D eigenvalue weighted by Gasteiger charge is -2.15. The Morgan fingerprint density at radius 2 is 2.22 bits per heavy atom. The maximum absolute atomic E-state index is 13.2. The molecular formula is C12H14BrClFNO2. The smallest absolute Gasteiger partial charge is 0.307 e. The predicted molar refractivity (Wildman–Crippen MR) is 72.4 cm³/mol. The summed E-state index contributed by atoms with van der Waals surface area (Å²) < 4.78 is 13.9. The minimum atomic E-state index is -0.743. The van der Waals surface area contributed by atoms with E-state index in [-0.39, 0.29) is 24.1 Å². The number of likely N-dealkylation sites (tertiary alicyclic amines) is 1. The van der Waals surface area contributed by atoms with Crippen LogP contribution in [0.15, 0.2) is 22.7 Å². The zero-order valence-electron chi connectivity index (χ0n) is 9.60. The molecule has 3 nitrogen and oxygen atoms in total. The van der Waals surface area contributed by atoms with Crippen molar-refractivity contribution in [1.82, 2.24) is 4.90 Å². The van der Waals surface area contributed by atoms with Gasteiger partial charge in [0.1, 0.15) is 5.82 Å². The molecule has 1 unspecified atom stereocenters. The summed E-state index contributed by atoms with van der Waals surface area (Å²) in [6.45, 7) is 1.90. The number of rotatable bonds is 3. The summed E-state index contributed by atoms with van der Waals surface area (Å²) in [5.74, 6) is -1.30. The van der Waals surface area contributed by atoms with Crippen molar-refractivity contribution in [2.75, 3.05) is 13.1 Å². The Morgan fingerprint density at radius 3 is 2.78 bits per heavy atom. The molecule has 1 fully saturated rings. The van der Waals surface area contributed by atoms with E-state index in [9.17, 15) is 9.18 Å². The maximum Gasteiger partial charge on any atom is 0.307 e. The lowest BCUT2D eigenvalue weighted by Crippen LogP contribution is -2.22. The van der Waals surface area contributed by atoms with Gasteiger partial charge in [-0.25, -0.2) is 4.39 Å². The van der Waals surface area contributed by atoms with E-state index in [1.165, 1.54) is 12.1 Å². The zero-order valence-corrected chi connectivity index (χ0v) is 12.0. The van der Waals surface area contributed by atoms with Gasteiger partial charge in [0, 0.05) is 17.6 Å². The molecule has 1 N–H and O–H groups in total. The second kappa shape index (κ2) is 6.50. The highest BCUT2D eigenvalue weighted by Crippen LogP contribution is 2.21. The molecule has 0 saturated carbocycles. The molecule has 0 amide bonds. The number of nitrogens with zero attached hydrogens (tertiary/aromatic N) is 1. The first-order valence-corrected chi connectivity index (χ1v) is 6.24. The van der Waals surface area contributed by atoms with Crippen molar-refractivity contribution < 1.29 is 14.3 Å². The number of benzene rings is 1. The highest BCUT2D eigenvalue weighted by molar-refractivity contribution is 9.10. The molecule has 1 atom stereocenters. The number of carboxylic acid groups (broad SMARTS) is 1. The van der Waals surface area contributed by atoms with Crippen molar-refractivity contribution >= 4 is 34.3 Å². The van der Waals surface area contributed by atoms with Gasteiger partial charge < -0.3 is 5.11 Å². The SMILES string of the molecule is Cl.O=C(O)C1CCN(Cc2cc(F)cc(Br)c2)C1. The Labute approximate surface area is 120 Å². The van der Waals surface area contributed by atoms with E-state index in [1.54, 1.807) is 0 Å². The van der Waals surface area contributed by atoms with Crippen LogP contribution in [0.2, 0.25) is 0 Å². The lowest BCUT2D eigenvalue weighted by molar-refractivity contribution is -0.141. The first-order chi connectivity index (χ1) is 8.04. The monoisotopic (exact) mass is 337 g/mol. The minimum Gasteiger partial charge on any atom is -0.481 e. The van der Waals surface area contributed by atoms with Gasteiger partial charge in [-0.2, -0.15) is 0 Å². The van der Waals surface area contributed by atoms with Crippen molar-refractivity contribution in [2.24, 2.45) is 5.92 Å². The summed E-state index contributed by atoms with van der Waals surface area (Å²) in [6, 6.07) is 4.75. The normalized spacial score (nSPS) is 19.6. The van der Waals surface area contributed by atoms with Crippen molar-refractivity contribution in [2.45, 2.75) is 13.0 Å². The average molecular weight is 339 g/mol. The quantitative estimate of drug-likeness (QED) is 0.921. The first-order valence-electron chi connectivity index (χ1n) is 5.45. The second-order valence-electron chi connectivity index (χ2n) is 4.34. The van der Waals surface area contributed by atoms with Crippen LogP contribution in [-0.4, -0.2) is 29.1 Å². The number of hydrogen-bond donors (Lipinski definition) is 1. The van der Waals surface area contributed by atoms with Crippen molar-refractivity contribution in [1.29, 1.82) is 0 Å². The third kappa shape index (κ3) is 3.93. The molecule has 0 spiro atoms. The topological polar surface area (TPSA) is 40.5 Å². The molecule has 100 valence electrons. The maximum atomic E-state index is 13.2. The fourth-order valence-electron chi connectivity index (χ4n) is 2.14. The molecule has 1 aliphatic heterocycles. The van der Waals surface area contributed by atoms with Crippen LogP contribution < -0.4 is 0 Å². The molecule has 1 saturated heterocycles. The van der Waals surface area contributed by atoms with Crippen LogP contribution >= 0.6 is 28.3 Å². The van der Waals surface area contributed by atoms with Gasteiger partial charge in [-0.05, 0) is 36.7 Å². The summed E-state index contributed by atoms with van der Waals surface area (Å²) in [5.41, 5.74) is 0.864. The molecule has 1 aromatic rings. The fraction of sp³-hybridized carbons (Fsp3) is 0.417. The molecule has 0 aromatic heterocycles. The summed E-state index contributed by atoms with van der Waals surface area (Å²) in [6.07, 6.45) is 0.672. The van der Waals surface area contributed by atoms with Crippen LogP contribution in [0.5, 0.6) is 0 Å². The summed E-state index contributed by atoms with van der Waals surface area (Å²) >= 11 is 3.24. The van der Waals surface area contributed by atoms with E-state index in [0.717, 1.165) is 12.1 Å². The Morgan fingerprint density at radius 1 is 1.50 bits per heavy atom. The van der Waals surface area contributed by atoms with Gasteiger partial charge in [0.2, 0.25) is 0 Å². The number of carboxylic acids is 1. The van der Waals surface area contributed by atoms with Gasteiger partial charge in [0.15, 0.2) is 0 Å². The summed E-state index contributed by atoms with van der Waals surface area (Å²) in [4.78, 5) is 12.9. The largest absolute Gasteiger partial charge is 0.481 e. The molecular weight excluding hydrogens is 324 g/mol. The minimum absolute atomic E-state index is 0. The third-order valence-corrected chi connectivity index (χ3v) is 3.41. The van der Waals surface area contributed by atoms with E-state index in [0.29, 0.717) is 24.0 Å². The van der Waals surface area contributed by atoms with Gasteiger partial charge in [-0.3, -0.25) is 9.69 Å². The van der Waals surface area contributed by atoms with E-state index in [2.05, 4.69) is 15.9 Å². The van der Waals surface area contributed by atoms with Gasteiger partial charge in [-0.1, -0.05) is 15.9 Å². The number of hydrogen-bond acceptors (Lipinski definition) is 2. The van der Waals surface area contributed by atoms with Crippen molar-refractivity contribution in [3.63, 3.8) is 0 Å². The van der Waals surface area contributed by atoms with Crippen LogP contribution in [0.1, 0.15) is 12.0 Å². The second-order valence-corrected chi connectivity index (χ2v) is 5.25. The molecule has 6 heteroatoms. The zero-order chi connectivity index (χ0) is 12.4. The van der Waals surface area contributed by atoms with Crippen LogP contribution in [0.4, 0.5) is 4.39 Å². The highest BCUT2D eigenvalue weighted by Gasteiger charge is 2.27. The first kappa shape index (κ1) is 15.4.